The van der Waals surface area contributed by atoms with E-state index in [1.807, 2.05) is 36.0 Å². The van der Waals surface area contributed by atoms with Crippen molar-refractivity contribution in [3.05, 3.63) is 36.2 Å². The molecule has 0 saturated carbocycles. The molecule has 11 heavy (non-hydrogen) atoms. The molecule has 0 bridgehead atoms. The average Bonchev–Trinajstić information content (AvgIpc) is 2.48. The van der Waals surface area contributed by atoms with Gasteiger partial charge in [-0.15, -0.1) is 0 Å². The van der Waals surface area contributed by atoms with Gasteiger partial charge in [0.1, 0.15) is 0 Å². The molecule has 0 aliphatic carbocycles. The minimum absolute atomic E-state index is 0.128. The van der Waals surface area contributed by atoms with Crippen molar-refractivity contribution in [2.75, 3.05) is 0 Å². The van der Waals surface area contributed by atoms with Gasteiger partial charge in [0.15, 0.2) is 0 Å². The predicted molar refractivity (Wildman–Crippen MR) is 45.2 cm³/mol. The average molecular weight is 151 g/mol. The first-order valence-corrected chi connectivity index (χ1v) is 3.73. The molecule has 0 aliphatic rings. The number of aromatic nitrogens is 1. The summed E-state index contributed by atoms with van der Waals surface area (Å²) in [5.74, 6) is 0. The standard InChI is InChI=1S/C9H13NO/c1-2-3-5-10-6-4-9(7-10)8-11/h2-4,6-7,11H,5,8H2,1H3. The summed E-state index contributed by atoms with van der Waals surface area (Å²) in [4.78, 5) is 0. The van der Waals surface area contributed by atoms with Crippen LogP contribution in [-0.2, 0) is 13.2 Å². The van der Waals surface area contributed by atoms with E-state index in [0.717, 1.165) is 12.1 Å². The van der Waals surface area contributed by atoms with E-state index in [-0.39, 0.29) is 6.61 Å². The van der Waals surface area contributed by atoms with Crippen LogP contribution in [0.5, 0.6) is 0 Å². The van der Waals surface area contributed by atoms with Crippen molar-refractivity contribution < 1.29 is 5.11 Å². The van der Waals surface area contributed by atoms with Gasteiger partial charge in [0.25, 0.3) is 0 Å². The summed E-state index contributed by atoms with van der Waals surface area (Å²) in [7, 11) is 0. The van der Waals surface area contributed by atoms with Crippen molar-refractivity contribution in [1.82, 2.24) is 4.57 Å². The van der Waals surface area contributed by atoms with Crippen molar-refractivity contribution in [3.8, 4) is 0 Å². The van der Waals surface area contributed by atoms with Gasteiger partial charge in [-0.25, -0.2) is 0 Å². The third-order valence-electron chi connectivity index (χ3n) is 1.55. The fourth-order valence-corrected chi connectivity index (χ4v) is 0.925. The van der Waals surface area contributed by atoms with Gasteiger partial charge in [-0.1, -0.05) is 12.2 Å². The highest BCUT2D eigenvalue weighted by atomic mass is 16.3. The van der Waals surface area contributed by atoms with Crippen molar-refractivity contribution in [2.24, 2.45) is 0 Å². The quantitative estimate of drug-likeness (QED) is 0.651. The summed E-state index contributed by atoms with van der Waals surface area (Å²) in [5.41, 5.74) is 0.967. The highest BCUT2D eigenvalue weighted by molar-refractivity contribution is 5.09. The molecular formula is C9H13NO. The van der Waals surface area contributed by atoms with Crippen molar-refractivity contribution >= 4 is 0 Å². The lowest BCUT2D eigenvalue weighted by molar-refractivity contribution is 0.282. The first-order chi connectivity index (χ1) is 5.36. The molecule has 1 aromatic heterocycles. The van der Waals surface area contributed by atoms with Gasteiger partial charge in [0.05, 0.1) is 6.61 Å². The van der Waals surface area contributed by atoms with Crippen molar-refractivity contribution in [1.29, 1.82) is 0 Å². The summed E-state index contributed by atoms with van der Waals surface area (Å²) in [6.07, 6.45) is 7.99. The zero-order valence-corrected chi connectivity index (χ0v) is 6.70. The minimum atomic E-state index is 0.128. The van der Waals surface area contributed by atoms with Gasteiger partial charge in [0, 0.05) is 18.9 Å². The van der Waals surface area contributed by atoms with Crippen LogP contribution in [0.3, 0.4) is 0 Å². The Hall–Kier alpha value is -1.02. The number of rotatable bonds is 3. The molecule has 2 heteroatoms. The maximum absolute atomic E-state index is 8.74. The fourth-order valence-electron chi connectivity index (χ4n) is 0.925. The lowest BCUT2D eigenvalue weighted by Gasteiger charge is -1.94. The molecular weight excluding hydrogens is 138 g/mol. The third kappa shape index (κ3) is 2.24. The lowest BCUT2D eigenvalue weighted by atomic mass is 10.4. The number of aliphatic hydroxyl groups is 1. The third-order valence-corrected chi connectivity index (χ3v) is 1.55. The smallest absolute Gasteiger partial charge is 0.0696 e. The predicted octanol–water partition coefficient (Wildman–Crippen LogP) is 1.56. The second kappa shape index (κ2) is 3.98. The molecule has 0 amide bonds. The zero-order chi connectivity index (χ0) is 8.10. The van der Waals surface area contributed by atoms with E-state index >= 15 is 0 Å². The van der Waals surface area contributed by atoms with Crippen LogP contribution in [0.2, 0.25) is 0 Å². The Morgan fingerprint density at radius 2 is 2.45 bits per heavy atom. The van der Waals surface area contributed by atoms with Crippen LogP contribution in [0, 0.1) is 0 Å². The maximum Gasteiger partial charge on any atom is 0.0696 e. The number of allylic oxidation sites excluding steroid dienone is 2. The van der Waals surface area contributed by atoms with E-state index in [0.29, 0.717) is 0 Å². The second-order valence-electron chi connectivity index (χ2n) is 2.44. The molecule has 0 aliphatic heterocycles. The minimum Gasteiger partial charge on any atom is -0.392 e. The van der Waals surface area contributed by atoms with E-state index in [2.05, 4.69) is 6.08 Å². The molecule has 60 valence electrons. The van der Waals surface area contributed by atoms with Crippen LogP contribution >= 0.6 is 0 Å². The molecule has 2 nitrogen and oxygen atoms in total. The van der Waals surface area contributed by atoms with Crippen LogP contribution < -0.4 is 0 Å². The first kappa shape index (κ1) is 8.08. The Bertz CT molecular complexity index is 237. The zero-order valence-electron chi connectivity index (χ0n) is 6.70. The van der Waals surface area contributed by atoms with Gasteiger partial charge in [-0.3, -0.25) is 0 Å². The maximum atomic E-state index is 8.74. The number of nitrogens with zero attached hydrogens (tertiary/aromatic N) is 1. The molecule has 1 aromatic rings. The molecule has 0 aromatic carbocycles. The summed E-state index contributed by atoms with van der Waals surface area (Å²) >= 11 is 0. The molecule has 0 radical (unpaired) electrons. The van der Waals surface area contributed by atoms with Crippen LogP contribution in [0.4, 0.5) is 0 Å². The molecule has 0 saturated heterocycles. The Morgan fingerprint density at radius 3 is 3.00 bits per heavy atom. The van der Waals surface area contributed by atoms with Crippen LogP contribution in [0.25, 0.3) is 0 Å². The number of aliphatic hydroxyl groups excluding tert-OH is 1. The molecule has 0 unspecified atom stereocenters. The van der Waals surface area contributed by atoms with Gasteiger partial charge in [-0.05, 0) is 18.6 Å². The molecule has 0 atom stereocenters. The normalized spacial score (nSPS) is 11.1. The lowest BCUT2D eigenvalue weighted by Crippen LogP contribution is -1.89. The van der Waals surface area contributed by atoms with Crippen molar-refractivity contribution in [2.45, 2.75) is 20.1 Å². The Kier molecular flexibility index (Phi) is 2.93. The Balaban J connectivity index is 2.58. The van der Waals surface area contributed by atoms with Gasteiger partial charge in [-0.2, -0.15) is 0 Å². The number of hydrogen-bond donors (Lipinski definition) is 1. The SMILES string of the molecule is CC=CCn1ccc(CO)c1. The molecule has 1 N–H and O–H groups in total. The monoisotopic (exact) mass is 151 g/mol. The van der Waals surface area contributed by atoms with E-state index in [9.17, 15) is 0 Å². The molecule has 1 rings (SSSR count). The Morgan fingerprint density at radius 1 is 1.64 bits per heavy atom. The fraction of sp³-hybridized carbons (Fsp3) is 0.333. The van der Waals surface area contributed by atoms with Crippen LogP contribution in [0.1, 0.15) is 12.5 Å². The summed E-state index contributed by atoms with van der Waals surface area (Å²) in [5, 5.41) is 8.74. The largest absolute Gasteiger partial charge is 0.392 e. The van der Waals surface area contributed by atoms with E-state index in [1.54, 1.807) is 0 Å². The molecule has 0 fully saturated rings. The van der Waals surface area contributed by atoms with Crippen molar-refractivity contribution in [3.63, 3.8) is 0 Å². The van der Waals surface area contributed by atoms with Crippen LogP contribution in [-0.4, -0.2) is 9.67 Å². The van der Waals surface area contributed by atoms with Crippen LogP contribution in [0.15, 0.2) is 30.6 Å². The summed E-state index contributed by atoms with van der Waals surface area (Å²) in [6, 6.07) is 1.92. The van der Waals surface area contributed by atoms with E-state index in [4.69, 9.17) is 5.11 Å². The summed E-state index contributed by atoms with van der Waals surface area (Å²) in [6.45, 7) is 3.01. The second-order valence-corrected chi connectivity index (χ2v) is 2.44. The molecule has 0 spiro atoms. The first-order valence-electron chi connectivity index (χ1n) is 3.73. The van der Waals surface area contributed by atoms with E-state index < -0.39 is 0 Å². The molecule has 1 heterocycles. The van der Waals surface area contributed by atoms with Gasteiger partial charge in [0.2, 0.25) is 0 Å². The van der Waals surface area contributed by atoms with Gasteiger partial charge >= 0.3 is 0 Å². The highest BCUT2D eigenvalue weighted by Crippen LogP contribution is 2.00. The highest BCUT2D eigenvalue weighted by Gasteiger charge is 1.91. The Labute approximate surface area is 66.8 Å². The van der Waals surface area contributed by atoms with Gasteiger partial charge < -0.3 is 9.67 Å². The van der Waals surface area contributed by atoms with E-state index in [1.165, 1.54) is 0 Å². The summed E-state index contributed by atoms with van der Waals surface area (Å²) < 4.78 is 2.03. The number of hydrogen-bond acceptors (Lipinski definition) is 1. The topological polar surface area (TPSA) is 25.2 Å².